The molecule has 0 unspecified atom stereocenters. The first-order chi connectivity index (χ1) is 9.20. The molecule has 106 valence electrons. The van der Waals surface area contributed by atoms with Crippen LogP contribution in [0.15, 0.2) is 22.7 Å². The van der Waals surface area contributed by atoms with Crippen LogP contribution in [-0.2, 0) is 5.41 Å². The molecular weight excluding hydrogens is 322 g/mol. The zero-order valence-corrected chi connectivity index (χ0v) is 13.4. The molecule has 2 rings (SSSR count). The van der Waals surface area contributed by atoms with Gasteiger partial charge in [0.1, 0.15) is 5.82 Å². The molecule has 1 aromatic heterocycles. The number of benzene rings is 1. The predicted molar refractivity (Wildman–Crippen MR) is 79.5 cm³/mol. The number of aryl methyl sites for hydroxylation is 1. The van der Waals surface area contributed by atoms with E-state index >= 15 is 0 Å². The number of carboxylic acid groups (broad SMARTS) is 1. The van der Waals surface area contributed by atoms with E-state index in [1.807, 2.05) is 45.9 Å². The van der Waals surface area contributed by atoms with E-state index in [4.69, 9.17) is 5.11 Å². The van der Waals surface area contributed by atoms with Crippen molar-refractivity contribution in [3.63, 3.8) is 0 Å². The molecule has 0 amide bonds. The van der Waals surface area contributed by atoms with Crippen LogP contribution in [0.1, 0.15) is 42.8 Å². The third-order valence-electron chi connectivity index (χ3n) is 2.80. The highest BCUT2D eigenvalue weighted by Gasteiger charge is 2.26. The SMILES string of the molecule is Cc1ccc(Br)c(-n2nc(C(=O)O)nc2C(C)(C)C)c1. The van der Waals surface area contributed by atoms with Crippen molar-refractivity contribution in [1.82, 2.24) is 14.8 Å². The van der Waals surface area contributed by atoms with Crippen LogP contribution in [0.3, 0.4) is 0 Å². The fraction of sp³-hybridized carbons (Fsp3) is 0.357. The number of nitrogens with zero attached hydrogens (tertiary/aromatic N) is 3. The lowest BCUT2D eigenvalue weighted by Gasteiger charge is -2.19. The molecule has 2 aromatic rings. The fourth-order valence-corrected chi connectivity index (χ4v) is 2.26. The van der Waals surface area contributed by atoms with Gasteiger partial charge in [0.25, 0.3) is 5.82 Å². The second-order valence-electron chi connectivity index (χ2n) is 5.68. The normalized spacial score (nSPS) is 11.7. The van der Waals surface area contributed by atoms with Gasteiger partial charge in [-0.2, -0.15) is 0 Å². The van der Waals surface area contributed by atoms with E-state index in [-0.39, 0.29) is 11.2 Å². The van der Waals surface area contributed by atoms with Crippen LogP contribution in [0, 0.1) is 6.92 Å². The molecule has 0 bridgehead atoms. The maximum Gasteiger partial charge on any atom is 0.375 e. The van der Waals surface area contributed by atoms with E-state index in [0.29, 0.717) is 5.82 Å². The third kappa shape index (κ3) is 2.75. The van der Waals surface area contributed by atoms with Crippen LogP contribution in [0.4, 0.5) is 0 Å². The van der Waals surface area contributed by atoms with E-state index in [0.717, 1.165) is 15.7 Å². The minimum Gasteiger partial charge on any atom is -0.475 e. The minimum absolute atomic E-state index is 0.191. The summed E-state index contributed by atoms with van der Waals surface area (Å²) in [6.45, 7) is 7.90. The Morgan fingerprint density at radius 3 is 2.55 bits per heavy atom. The molecule has 0 aliphatic heterocycles. The zero-order chi connectivity index (χ0) is 15.1. The van der Waals surface area contributed by atoms with E-state index in [9.17, 15) is 4.79 Å². The highest BCUT2D eigenvalue weighted by Crippen LogP contribution is 2.28. The first-order valence-corrected chi connectivity index (χ1v) is 6.97. The summed E-state index contributed by atoms with van der Waals surface area (Å²) in [5.74, 6) is -0.706. The lowest BCUT2D eigenvalue weighted by atomic mass is 9.95. The first-order valence-electron chi connectivity index (χ1n) is 6.17. The fourth-order valence-electron chi connectivity index (χ4n) is 1.84. The molecular formula is C14H16BrN3O2. The molecule has 0 atom stereocenters. The molecule has 0 spiro atoms. The van der Waals surface area contributed by atoms with Crippen molar-refractivity contribution in [3.8, 4) is 5.69 Å². The number of rotatable bonds is 2. The summed E-state index contributed by atoms with van der Waals surface area (Å²) in [6, 6.07) is 5.83. The second-order valence-corrected chi connectivity index (χ2v) is 6.54. The van der Waals surface area contributed by atoms with Crippen molar-refractivity contribution in [2.45, 2.75) is 33.1 Å². The van der Waals surface area contributed by atoms with Crippen LogP contribution in [0.25, 0.3) is 5.69 Å². The molecule has 1 N–H and O–H groups in total. The third-order valence-corrected chi connectivity index (χ3v) is 3.47. The lowest BCUT2D eigenvalue weighted by molar-refractivity contribution is 0.0683. The Morgan fingerprint density at radius 1 is 1.35 bits per heavy atom. The van der Waals surface area contributed by atoms with Gasteiger partial charge in [0.05, 0.1) is 5.69 Å². The van der Waals surface area contributed by atoms with E-state index in [2.05, 4.69) is 26.0 Å². The molecule has 0 saturated carbocycles. The van der Waals surface area contributed by atoms with Crippen LogP contribution in [0.2, 0.25) is 0 Å². The molecule has 5 nitrogen and oxygen atoms in total. The summed E-state index contributed by atoms with van der Waals surface area (Å²) in [6.07, 6.45) is 0. The molecule has 1 aromatic carbocycles. The van der Waals surface area contributed by atoms with Crippen LogP contribution < -0.4 is 0 Å². The molecule has 6 heteroatoms. The van der Waals surface area contributed by atoms with Gasteiger partial charge in [-0.15, -0.1) is 5.10 Å². The van der Waals surface area contributed by atoms with Gasteiger partial charge < -0.3 is 5.11 Å². The largest absolute Gasteiger partial charge is 0.475 e. The first kappa shape index (κ1) is 14.7. The van der Waals surface area contributed by atoms with Gasteiger partial charge in [-0.05, 0) is 40.5 Å². The Labute approximate surface area is 125 Å². The number of aromatic nitrogens is 3. The summed E-state index contributed by atoms with van der Waals surface area (Å²) in [4.78, 5) is 15.3. The molecule has 0 fully saturated rings. The van der Waals surface area contributed by atoms with E-state index in [1.165, 1.54) is 0 Å². The monoisotopic (exact) mass is 337 g/mol. The van der Waals surface area contributed by atoms with Gasteiger partial charge in [0.2, 0.25) is 0 Å². The molecule has 1 heterocycles. The number of halogens is 1. The summed E-state index contributed by atoms with van der Waals surface area (Å²) in [7, 11) is 0. The van der Waals surface area contributed by atoms with Gasteiger partial charge in [0.15, 0.2) is 0 Å². The number of hydrogen-bond donors (Lipinski definition) is 1. The summed E-state index contributed by atoms with van der Waals surface area (Å²) in [5, 5.41) is 13.2. The van der Waals surface area contributed by atoms with Gasteiger partial charge in [-0.1, -0.05) is 26.8 Å². The average molecular weight is 338 g/mol. The summed E-state index contributed by atoms with van der Waals surface area (Å²) >= 11 is 3.48. The highest BCUT2D eigenvalue weighted by molar-refractivity contribution is 9.10. The Kier molecular flexibility index (Phi) is 3.69. The van der Waals surface area contributed by atoms with E-state index in [1.54, 1.807) is 4.68 Å². The topological polar surface area (TPSA) is 68.0 Å². The van der Waals surface area contributed by atoms with Crippen molar-refractivity contribution in [2.24, 2.45) is 0 Å². The zero-order valence-electron chi connectivity index (χ0n) is 11.8. The quantitative estimate of drug-likeness (QED) is 0.912. The van der Waals surface area contributed by atoms with Crippen molar-refractivity contribution in [1.29, 1.82) is 0 Å². The van der Waals surface area contributed by atoms with Crippen molar-refractivity contribution >= 4 is 21.9 Å². The maximum absolute atomic E-state index is 11.1. The Hall–Kier alpha value is -1.69. The number of carbonyl (C=O) groups is 1. The standard InChI is InChI=1S/C14H16BrN3O2/c1-8-5-6-9(15)10(7-8)18-13(14(2,3)4)16-11(17-18)12(19)20/h5-7H,1-4H3,(H,19,20). The Morgan fingerprint density at radius 2 is 2.00 bits per heavy atom. The second kappa shape index (κ2) is 5.01. The Balaban J connectivity index is 2.72. The lowest BCUT2D eigenvalue weighted by Crippen LogP contribution is -2.19. The van der Waals surface area contributed by atoms with Gasteiger partial charge in [-0.25, -0.2) is 14.5 Å². The van der Waals surface area contributed by atoms with Crippen molar-refractivity contribution in [3.05, 3.63) is 39.9 Å². The molecule has 20 heavy (non-hydrogen) atoms. The number of carboxylic acids is 1. The number of aromatic carboxylic acids is 1. The molecule has 0 radical (unpaired) electrons. The minimum atomic E-state index is -1.13. The maximum atomic E-state index is 11.1. The van der Waals surface area contributed by atoms with Gasteiger partial charge in [0, 0.05) is 9.89 Å². The predicted octanol–water partition coefficient (Wildman–Crippen LogP) is 3.33. The molecule has 0 saturated heterocycles. The average Bonchev–Trinajstić information content (AvgIpc) is 2.77. The Bertz CT molecular complexity index is 672. The smallest absolute Gasteiger partial charge is 0.375 e. The highest BCUT2D eigenvalue weighted by atomic mass is 79.9. The van der Waals surface area contributed by atoms with Crippen molar-refractivity contribution in [2.75, 3.05) is 0 Å². The van der Waals surface area contributed by atoms with Crippen LogP contribution >= 0.6 is 15.9 Å². The summed E-state index contributed by atoms with van der Waals surface area (Å²) in [5.41, 5.74) is 1.54. The molecule has 0 aliphatic carbocycles. The van der Waals surface area contributed by atoms with E-state index < -0.39 is 5.97 Å². The number of hydrogen-bond acceptors (Lipinski definition) is 3. The summed E-state index contributed by atoms with van der Waals surface area (Å²) < 4.78 is 2.44. The molecule has 0 aliphatic rings. The van der Waals surface area contributed by atoms with Gasteiger partial charge >= 0.3 is 5.97 Å². The van der Waals surface area contributed by atoms with Gasteiger partial charge in [-0.3, -0.25) is 0 Å². The van der Waals surface area contributed by atoms with Crippen molar-refractivity contribution < 1.29 is 9.90 Å². The van der Waals surface area contributed by atoms with Crippen LogP contribution in [-0.4, -0.2) is 25.8 Å². The van der Waals surface area contributed by atoms with Crippen LogP contribution in [0.5, 0.6) is 0 Å².